The molecule has 0 radical (unpaired) electrons. The van der Waals surface area contributed by atoms with Gasteiger partial charge in [0.2, 0.25) is 0 Å². The summed E-state index contributed by atoms with van der Waals surface area (Å²) in [5, 5.41) is 11.8. The fourth-order valence-electron chi connectivity index (χ4n) is 2.83. The van der Waals surface area contributed by atoms with Gasteiger partial charge in [-0.05, 0) is 37.9 Å². The lowest BCUT2D eigenvalue weighted by atomic mass is 10.1. The van der Waals surface area contributed by atoms with Crippen LogP contribution in [-0.4, -0.2) is 40.3 Å². The topological polar surface area (TPSA) is 41.0 Å². The van der Waals surface area contributed by atoms with Gasteiger partial charge >= 0.3 is 0 Å². The molecule has 16 heavy (non-hydrogen) atoms. The van der Waals surface area contributed by atoms with E-state index in [-0.39, 0.29) is 0 Å². The highest BCUT2D eigenvalue weighted by molar-refractivity contribution is 6.29. The van der Waals surface area contributed by atoms with Crippen molar-refractivity contribution in [3.8, 4) is 0 Å². The van der Waals surface area contributed by atoms with E-state index in [2.05, 4.69) is 20.4 Å². The largest absolute Gasteiger partial charge is 0.364 e. The van der Waals surface area contributed by atoms with Crippen molar-refractivity contribution in [3.05, 3.63) is 17.3 Å². The van der Waals surface area contributed by atoms with Crippen LogP contribution in [0.25, 0.3) is 0 Å². The van der Waals surface area contributed by atoms with Crippen molar-refractivity contribution in [2.24, 2.45) is 0 Å². The summed E-state index contributed by atoms with van der Waals surface area (Å²) in [7, 11) is 0. The second-order valence-electron chi connectivity index (χ2n) is 4.53. The maximum Gasteiger partial charge on any atom is 0.151 e. The van der Waals surface area contributed by atoms with Crippen molar-refractivity contribution in [2.75, 3.05) is 18.4 Å². The van der Waals surface area contributed by atoms with Crippen LogP contribution in [0.4, 0.5) is 5.82 Å². The molecular formula is C11H15ClN4. The average molecular weight is 239 g/mol. The molecule has 0 saturated carbocycles. The summed E-state index contributed by atoms with van der Waals surface area (Å²) >= 11 is 5.71. The fourth-order valence-corrected chi connectivity index (χ4v) is 2.93. The van der Waals surface area contributed by atoms with Crippen LogP contribution in [-0.2, 0) is 0 Å². The molecule has 2 unspecified atom stereocenters. The Labute approximate surface area is 100.0 Å². The van der Waals surface area contributed by atoms with Crippen molar-refractivity contribution in [1.29, 1.82) is 0 Å². The van der Waals surface area contributed by atoms with Crippen LogP contribution in [0.3, 0.4) is 0 Å². The van der Waals surface area contributed by atoms with Gasteiger partial charge in [0, 0.05) is 18.6 Å². The third-order valence-electron chi connectivity index (χ3n) is 3.57. The summed E-state index contributed by atoms with van der Waals surface area (Å²) in [5.41, 5.74) is 0. The predicted molar refractivity (Wildman–Crippen MR) is 63.7 cm³/mol. The average Bonchev–Trinajstić information content (AvgIpc) is 2.86. The molecule has 2 fully saturated rings. The summed E-state index contributed by atoms with van der Waals surface area (Å²) in [5.74, 6) is 0.836. The Morgan fingerprint density at radius 2 is 2.19 bits per heavy atom. The van der Waals surface area contributed by atoms with Crippen LogP contribution >= 0.6 is 11.6 Å². The third kappa shape index (κ3) is 1.87. The number of nitrogens with one attached hydrogen (secondary N) is 1. The lowest BCUT2D eigenvalue weighted by Gasteiger charge is -2.21. The van der Waals surface area contributed by atoms with E-state index in [1.807, 2.05) is 6.07 Å². The van der Waals surface area contributed by atoms with Gasteiger partial charge in [-0.25, -0.2) is 0 Å². The van der Waals surface area contributed by atoms with Crippen molar-refractivity contribution in [2.45, 2.75) is 31.3 Å². The van der Waals surface area contributed by atoms with E-state index in [0.717, 1.165) is 5.82 Å². The predicted octanol–water partition coefficient (Wildman–Crippen LogP) is 1.78. The van der Waals surface area contributed by atoms with Crippen LogP contribution < -0.4 is 5.32 Å². The Morgan fingerprint density at radius 3 is 3.00 bits per heavy atom. The van der Waals surface area contributed by atoms with Crippen LogP contribution in [0.2, 0.25) is 5.15 Å². The number of halogens is 1. The molecule has 2 atom stereocenters. The zero-order chi connectivity index (χ0) is 11.0. The number of rotatable bonds is 2. The normalized spacial score (nSPS) is 29.3. The van der Waals surface area contributed by atoms with Crippen LogP contribution in [0.15, 0.2) is 12.1 Å². The molecule has 0 spiro atoms. The van der Waals surface area contributed by atoms with Gasteiger partial charge in [-0.1, -0.05) is 11.6 Å². The van der Waals surface area contributed by atoms with Crippen molar-refractivity contribution in [1.82, 2.24) is 15.1 Å². The standard InChI is InChI=1S/C11H15ClN4/c12-10-3-4-11(15-14-10)13-8-5-7-16-6-1-2-9(8)16/h3-4,8-9H,1-2,5-7H2,(H,13,15). The monoisotopic (exact) mass is 238 g/mol. The summed E-state index contributed by atoms with van der Waals surface area (Å²) in [6, 6.07) is 4.89. The Morgan fingerprint density at radius 1 is 1.25 bits per heavy atom. The first-order chi connectivity index (χ1) is 7.83. The Kier molecular flexibility index (Phi) is 2.69. The molecule has 86 valence electrons. The molecule has 0 amide bonds. The molecule has 2 saturated heterocycles. The minimum absolute atomic E-state index is 0.444. The Balaban J connectivity index is 1.68. The summed E-state index contributed by atoms with van der Waals surface area (Å²) in [4.78, 5) is 2.57. The van der Waals surface area contributed by atoms with E-state index in [0.29, 0.717) is 17.2 Å². The van der Waals surface area contributed by atoms with Gasteiger partial charge in [0.15, 0.2) is 5.15 Å². The first kappa shape index (κ1) is 10.3. The highest BCUT2D eigenvalue weighted by Crippen LogP contribution is 2.29. The molecule has 0 aliphatic carbocycles. The van der Waals surface area contributed by atoms with Gasteiger partial charge in [-0.3, -0.25) is 4.90 Å². The Bertz CT molecular complexity index is 367. The number of aromatic nitrogens is 2. The SMILES string of the molecule is Clc1ccc(NC2CCN3CCCC23)nn1. The van der Waals surface area contributed by atoms with Gasteiger partial charge < -0.3 is 5.32 Å². The van der Waals surface area contributed by atoms with Crippen molar-refractivity contribution < 1.29 is 0 Å². The molecule has 0 aromatic carbocycles. The van der Waals surface area contributed by atoms with E-state index in [1.165, 1.54) is 32.4 Å². The number of hydrogen-bond donors (Lipinski definition) is 1. The van der Waals surface area contributed by atoms with Gasteiger partial charge in [0.05, 0.1) is 0 Å². The van der Waals surface area contributed by atoms with Crippen molar-refractivity contribution >= 4 is 17.4 Å². The molecule has 3 rings (SSSR count). The van der Waals surface area contributed by atoms with E-state index < -0.39 is 0 Å². The highest BCUT2D eigenvalue weighted by atomic mass is 35.5. The van der Waals surface area contributed by atoms with E-state index >= 15 is 0 Å². The molecule has 1 aromatic rings. The number of fused-ring (bicyclic) bond motifs is 1. The minimum Gasteiger partial charge on any atom is -0.364 e. The van der Waals surface area contributed by atoms with Gasteiger partial charge in [0.25, 0.3) is 0 Å². The van der Waals surface area contributed by atoms with Crippen LogP contribution in [0.1, 0.15) is 19.3 Å². The number of nitrogens with zero attached hydrogens (tertiary/aromatic N) is 3. The summed E-state index contributed by atoms with van der Waals surface area (Å²) in [6.45, 7) is 2.47. The second kappa shape index (κ2) is 4.18. The smallest absolute Gasteiger partial charge is 0.151 e. The maximum atomic E-state index is 5.71. The molecule has 4 nitrogen and oxygen atoms in total. The van der Waals surface area contributed by atoms with E-state index in [4.69, 9.17) is 11.6 Å². The first-order valence-corrected chi connectivity index (χ1v) is 6.20. The molecule has 2 aliphatic rings. The van der Waals surface area contributed by atoms with E-state index in [1.54, 1.807) is 6.07 Å². The van der Waals surface area contributed by atoms with Gasteiger partial charge in [0.1, 0.15) is 5.82 Å². The zero-order valence-electron chi connectivity index (χ0n) is 9.06. The first-order valence-electron chi connectivity index (χ1n) is 5.83. The van der Waals surface area contributed by atoms with Crippen LogP contribution in [0, 0.1) is 0 Å². The molecule has 1 N–H and O–H groups in total. The number of hydrogen-bond acceptors (Lipinski definition) is 4. The molecular weight excluding hydrogens is 224 g/mol. The van der Waals surface area contributed by atoms with Crippen LogP contribution in [0.5, 0.6) is 0 Å². The minimum atomic E-state index is 0.444. The zero-order valence-corrected chi connectivity index (χ0v) is 9.82. The molecule has 1 aromatic heterocycles. The summed E-state index contributed by atoms with van der Waals surface area (Å²) < 4.78 is 0. The quantitative estimate of drug-likeness (QED) is 0.853. The highest BCUT2D eigenvalue weighted by Gasteiger charge is 2.37. The third-order valence-corrected chi connectivity index (χ3v) is 3.77. The fraction of sp³-hybridized carbons (Fsp3) is 0.636. The van der Waals surface area contributed by atoms with E-state index in [9.17, 15) is 0 Å². The summed E-state index contributed by atoms with van der Waals surface area (Å²) in [6.07, 6.45) is 3.84. The molecule has 3 heterocycles. The molecule has 2 aliphatic heterocycles. The maximum absolute atomic E-state index is 5.71. The second-order valence-corrected chi connectivity index (χ2v) is 4.91. The lowest BCUT2D eigenvalue weighted by Crippen LogP contribution is -2.34. The Hall–Kier alpha value is -0.870. The van der Waals surface area contributed by atoms with Crippen molar-refractivity contribution in [3.63, 3.8) is 0 Å². The number of anilines is 1. The lowest BCUT2D eigenvalue weighted by molar-refractivity contribution is 0.318. The van der Waals surface area contributed by atoms with Gasteiger partial charge in [-0.2, -0.15) is 0 Å². The van der Waals surface area contributed by atoms with Gasteiger partial charge in [-0.15, -0.1) is 10.2 Å². The molecule has 0 bridgehead atoms. The molecule has 5 heteroatoms.